The average molecular weight is 343 g/mol. The maximum absolute atomic E-state index is 12.8. The van der Waals surface area contributed by atoms with Crippen molar-refractivity contribution >= 4 is 11.6 Å². The van der Waals surface area contributed by atoms with Gasteiger partial charge in [0.1, 0.15) is 0 Å². The summed E-state index contributed by atoms with van der Waals surface area (Å²) in [5.74, 6) is -0.133. The Morgan fingerprint density at radius 1 is 1.08 bits per heavy atom. The lowest BCUT2D eigenvalue weighted by Crippen LogP contribution is -2.13. The lowest BCUT2D eigenvalue weighted by atomic mass is 10.1. The lowest BCUT2D eigenvalue weighted by Gasteiger charge is -2.13. The summed E-state index contributed by atoms with van der Waals surface area (Å²) in [6.45, 7) is 6.04. The van der Waals surface area contributed by atoms with Crippen LogP contribution < -0.4 is 5.32 Å². The van der Waals surface area contributed by atoms with Gasteiger partial charge in [-0.2, -0.15) is 5.26 Å². The van der Waals surface area contributed by atoms with Crippen LogP contribution in [0.4, 0.5) is 5.69 Å². The van der Waals surface area contributed by atoms with E-state index in [1.54, 1.807) is 0 Å². The van der Waals surface area contributed by atoms with Crippen LogP contribution in [0.5, 0.6) is 0 Å². The van der Waals surface area contributed by atoms with Gasteiger partial charge in [-0.25, -0.2) is 0 Å². The molecule has 0 saturated heterocycles. The molecule has 1 aromatic heterocycles. The van der Waals surface area contributed by atoms with E-state index in [2.05, 4.69) is 35.0 Å². The van der Waals surface area contributed by atoms with Gasteiger partial charge in [-0.15, -0.1) is 0 Å². The first kappa shape index (κ1) is 17.5. The quantitative estimate of drug-likeness (QED) is 0.745. The standard InChI is InChI=1S/C22H21N3O/c1-15-6-4-5-7-21(15)25-16(2)14-20(17(25)3)22(26)24-19-10-8-18(9-11-19)12-13-23/h4-11,14H,12H2,1-3H3,(H,24,26). The molecule has 1 heterocycles. The average Bonchev–Trinajstić information content (AvgIpc) is 2.92. The van der Waals surface area contributed by atoms with Crippen molar-refractivity contribution in [2.45, 2.75) is 27.2 Å². The highest BCUT2D eigenvalue weighted by Gasteiger charge is 2.17. The van der Waals surface area contributed by atoms with E-state index in [4.69, 9.17) is 5.26 Å². The van der Waals surface area contributed by atoms with E-state index in [1.807, 2.05) is 56.3 Å². The topological polar surface area (TPSA) is 57.8 Å². The third-order valence-corrected chi connectivity index (χ3v) is 4.53. The fourth-order valence-corrected chi connectivity index (χ4v) is 3.17. The van der Waals surface area contributed by atoms with E-state index in [1.165, 1.54) is 0 Å². The molecule has 4 nitrogen and oxygen atoms in total. The third kappa shape index (κ3) is 3.38. The van der Waals surface area contributed by atoms with E-state index in [9.17, 15) is 4.79 Å². The summed E-state index contributed by atoms with van der Waals surface area (Å²) in [5, 5.41) is 11.7. The van der Waals surface area contributed by atoms with Crippen molar-refractivity contribution in [3.8, 4) is 11.8 Å². The third-order valence-electron chi connectivity index (χ3n) is 4.53. The maximum Gasteiger partial charge on any atom is 0.257 e. The monoisotopic (exact) mass is 343 g/mol. The molecule has 0 radical (unpaired) electrons. The number of carbonyl (C=O) groups is 1. The highest BCUT2D eigenvalue weighted by Crippen LogP contribution is 2.24. The number of para-hydroxylation sites is 1. The van der Waals surface area contributed by atoms with E-state index in [-0.39, 0.29) is 5.91 Å². The van der Waals surface area contributed by atoms with Crippen LogP contribution in [-0.2, 0) is 6.42 Å². The summed E-state index contributed by atoms with van der Waals surface area (Å²) < 4.78 is 2.11. The SMILES string of the molecule is Cc1ccccc1-n1c(C)cc(C(=O)Nc2ccc(CC#N)cc2)c1C. The molecule has 2 aromatic carbocycles. The van der Waals surface area contributed by atoms with Gasteiger partial charge < -0.3 is 9.88 Å². The van der Waals surface area contributed by atoms with Gasteiger partial charge in [0.2, 0.25) is 0 Å². The number of aryl methyl sites for hydroxylation is 2. The van der Waals surface area contributed by atoms with Crippen LogP contribution in [0.15, 0.2) is 54.6 Å². The zero-order valence-corrected chi connectivity index (χ0v) is 15.2. The number of hydrogen-bond donors (Lipinski definition) is 1. The first-order valence-corrected chi connectivity index (χ1v) is 8.53. The second-order valence-corrected chi connectivity index (χ2v) is 6.39. The summed E-state index contributed by atoms with van der Waals surface area (Å²) in [6, 6.07) is 19.5. The Morgan fingerprint density at radius 3 is 2.42 bits per heavy atom. The summed E-state index contributed by atoms with van der Waals surface area (Å²) in [7, 11) is 0. The van der Waals surface area contributed by atoms with Crippen LogP contribution in [0.3, 0.4) is 0 Å². The molecule has 0 unspecified atom stereocenters. The van der Waals surface area contributed by atoms with Gasteiger partial charge in [-0.1, -0.05) is 30.3 Å². The molecule has 3 rings (SSSR count). The van der Waals surface area contributed by atoms with Crippen LogP contribution >= 0.6 is 0 Å². The number of hydrogen-bond acceptors (Lipinski definition) is 2. The molecule has 26 heavy (non-hydrogen) atoms. The van der Waals surface area contributed by atoms with Crippen LogP contribution in [0.2, 0.25) is 0 Å². The molecule has 0 spiro atoms. The zero-order valence-electron chi connectivity index (χ0n) is 15.2. The highest BCUT2D eigenvalue weighted by atomic mass is 16.1. The van der Waals surface area contributed by atoms with Crippen molar-refractivity contribution in [2.24, 2.45) is 0 Å². The van der Waals surface area contributed by atoms with Crippen molar-refractivity contribution < 1.29 is 4.79 Å². The minimum absolute atomic E-state index is 0.133. The lowest BCUT2D eigenvalue weighted by molar-refractivity contribution is 0.102. The van der Waals surface area contributed by atoms with Gasteiger partial charge in [0.05, 0.1) is 18.1 Å². The number of carbonyl (C=O) groups excluding carboxylic acids is 1. The zero-order chi connectivity index (χ0) is 18.7. The number of aromatic nitrogens is 1. The number of nitrogens with one attached hydrogen (secondary N) is 1. The van der Waals surface area contributed by atoms with Crippen molar-refractivity contribution in [2.75, 3.05) is 5.32 Å². The second kappa shape index (κ2) is 7.28. The maximum atomic E-state index is 12.8. The number of benzene rings is 2. The van der Waals surface area contributed by atoms with Crippen LogP contribution in [-0.4, -0.2) is 10.5 Å². The Labute approximate surface area is 153 Å². The second-order valence-electron chi connectivity index (χ2n) is 6.39. The van der Waals surface area contributed by atoms with Gasteiger partial charge in [-0.3, -0.25) is 4.79 Å². The predicted molar refractivity (Wildman–Crippen MR) is 104 cm³/mol. The Morgan fingerprint density at radius 2 is 1.77 bits per heavy atom. The molecule has 0 bridgehead atoms. The van der Waals surface area contributed by atoms with E-state index < -0.39 is 0 Å². The van der Waals surface area contributed by atoms with Crippen molar-refractivity contribution in [3.63, 3.8) is 0 Å². The molecule has 0 aliphatic heterocycles. The molecular formula is C22H21N3O. The van der Waals surface area contributed by atoms with Crippen LogP contribution in [0.25, 0.3) is 5.69 Å². The first-order chi connectivity index (χ1) is 12.5. The molecule has 130 valence electrons. The van der Waals surface area contributed by atoms with Gasteiger partial charge in [0.25, 0.3) is 5.91 Å². The highest BCUT2D eigenvalue weighted by molar-refractivity contribution is 6.05. The number of amides is 1. The van der Waals surface area contributed by atoms with E-state index in [0.29, 0.717) is 12.0 Å². The molecule has 0 atom stereocenters. The molecule has 1 amide bonds. The molecule has 4 heteroatoms. The summed E-state index contributed by atoms with van der Waals surface area (Å²) in [4.78, 5) is 12.8. The Hall–Kier alpha value is -3.32. The fourth-order valence-electron chi connectivity index (χ4n) is 3.17. The van der Waals surface area contributed by atoms with E-state index >= 15 is 0 Å². The van der Waals surface area contributed by atoms with E-state index in [0.717, 1.165) is 33.9 Å². The predicted octanol–water partition coefficient (Wildman–Crippen LogP) is 4.72. The van der Waals surface area contributed by atoms with Crippen molar-refractivity contribution in [1.29, 1.82) is 5.26 Å². The molecule has 0 aliphatic rings. The number of anilines is 1. The Bertz CT molecular complexity index is 991. The summed E-state index contributed by atoms with van der Waals surface area (Å²) >= 11 is 0. The normalized spacial score (nSPS) is 10.4. The summed E-state index contributed by atoms with van der Waals surface area (Å²) in [5.41, 5.74) is 6.49. The summed E-state index contributed by atoms with van der Waals surface area (Å²) in [6.07, 6.45) is 0.367. The number of nitrogens with zero attached hydrogens (tertiary/aromatic N) is 2. The molecule has 0 fully saturated rings. The minimum atomic E-state index is -0.133. The van der Waals surface area contributed by atoms with Gasteiger partial charge in [0, 0.05) is 22.8 Å². The van der Waals surface area contributed by atoms with Crippen LogP contribution in [0, 0.1) is 32.1 Å². The smallest absolute Gasteiger partial charge is 0.257 e. The Balaban J connectivity index is 1.88. The van der Waals surface area contributed by atoms with Gasteiger partial charge in [-0.05, 0) is 56.2 Å². The fraction of sp³-hybridized carbons (Fsp3) is 0.182. The van der Waals surface area contributed by atoms with Crippen molar-refractivity contribution in [3.05, 3.63) is 82.7 Å². The number of rotatable bonds is 4. The molecule has 3 aromatic rings. The van der Waals surface area contributed by atoms with Gasteiger partial charge in [0.15, 0.2) is 0 Å². The molecule has 1 N–H and O–H groups in total. The van der Waals surface area contributed by atoms with Crippen molar-refractivity contribution in [1.82, 2.24) is 4.57 Å². The van der Waals surface area contributed by atoms with Crippen LogP contribution in [0.1, 0.15) is 32.9 Å². The number of nitriles is 1. The molecular weight excluding hydrogens is 322 g/mol. The largest absolute Gasteiger partial charge is 0.322 e. The molecule has 0 aliphatic carbocycles. The minimum Gasteiger partial charge on any atom is -0.322 e. The Kier molecular flexibility index (Phi) is 4.90. The first-order valence-electron chi connectivity index (χ1n) is 8.53. The molecule has 0 saturated carbocycles. The van der Waals surface area contributed by atoms with Gasteiger partial charge >= 0.3 is 0 Å².